The number of carbonyl (C=O) groups is 1. The highest BCUT2D eigenvalue weighted by atomic mass is 16.5. The van der Waals surface area contributed by atoms with Crippen molar-refractivity contribution in [1.82, 2.24) is 19.7 Å². The highest BCUT2D eigenvalue weighted by molar-refractivity contribution is 5.80. The van der Waals surface area contributed by atoms with Gasteiger partial charge in [-0.25, -0.2) is 19.4 Å². The number of hydrogen-bond acceptors (Lipinski definition) is 6. The summed E-state index contributed by atoms with van der Waals surface area (Å²) in [5.74, 6) is 0.622. The molecule has 2 aromatic heterocycles. The number of carboxylic acids is 1. The number of hydrogen-bond donors (Lipinski definition) is 1. The molecule has 0 aromatic carbocycles. The average Bonchev–Trinajstić information content (AvgIpc) is 3.25. The topological polar surface area (TPSA) is 99.4 Å². The minimum absolute atomic E-state index is 0.534. The number of rotatable bonds is 12. The summed E-state index contributed by atoms with van der Waals surface area (Å²) in [6.45, 7) is 1.19. The van der Waals surface area contributed by atoms with E-state index in [0.717, 1.165) is 37.9 Å². The second-order valence-corrected chi connectivity index (χ2v) is 6.46. The Balaban J connectivity index is 1.21. The molecule has 1 aliphatic rings. The van der Waals surface area contributed by atoms with E-state index in [1.807, 2.05) is 12.1 Å². The summed E-state index contributed by atoms with van der Waals surface area (Å²) in [7, 11) is 0. The minimum Gasteiger partial charge on any atom is -0.492 e. The number of carboxylic acid groups (broad SMARTS) is 1. The molecule has 1 saturated carbocycles. The first kappa shape index (κ1) is 18.3. The smallest absolute Gasteiger partial charge is 0.335 e. The van der Waals surface area contributed by atoms with Crippen molar-refractivity contribution >= 4 is 5.97 Å². The van der Waals surface area contributed by atoms with Crippen LogP contribution < -0.4 is 4.74 Å². The van der Waals surface area contributed by atoms with Crippen molar-refractivity contribution in [2.75, 3.05) is 13.2 Å². The van der Waals surface area contributed by atoms with Crippen molar-refractivity contribution in [2.45, 2.75) is 50.5 Å². The van der Waals surface area contributed by atoms with Crippen LogP contribution in [0.25, 0.3) is 5.82 Å². The van der Waals surface area contributed by atoms with E-state index >= 15 is 0 Å². The predicted octanol–water partition coefficient (Wildman–Crippen LogP) is 2.63. The SMILES string of the molecule is O=C(O)C1(OCCCCCCCOc2ccc(-n3cncn3)nc2)CC1. The molecule has 0 amide bonds. The Hall–Kier alpha value is -2.48. The van der Waals surface area contributed by atoms with Crippen LogP contribution in [0.5, 0.6) is 5.75 Å². The van der Waals surface area contributed by atoms with Crippen LogP contribution >= 0.6 is 0 Å². The van der Waals surface area contributed by atoms with Crippen LogP contribution in [0.1, 0.15) is 44.9 Å². The largest absolute Gasteiger partial charge is 0.492 e. The number of aliphatic carboxylic acids is 1. The fraction of sp³-hybridized carbons (Fsp3) is 0.556. The number of pyridine rings is 1. The second-order valence-electron chi connectivity index (χ2n) is 6.46. The van der Waals surface area contributed by atoms with Crippen LogP contribution in [0, 0.1) is 0 Å². The van der Waals surface area contributed by atoms with Gasteiger partial charge in [-0.15, -0.1) is 0 Å². The van der Waals surface area contributed by atoms with Gasteiger partial charge in [0.2, 0.25) is 0 Å². The van der Waals surface area contributed by atoms with Gasteiger partial charge in [0.1, 0.15) is 18.4 Å². The Bertz CT molecular complexity index is 684. The Labute approximate surface area is 152 Å². The van der Waals surface area contributed by atoms with Crippen LogP contribution in [0.3, 0.4) is 0 Å². The molecule has 2 aromatic rings. The molecule has 1 fully saturated rings. The Kier molecular flexibility index (Phi) is 6.17. The van der Waals surface area contributed by atoms with Gasteiger partial charge >= 0.3 is 5.97 Å². The van der Waals surface area contributed by atoms with Crippen molar-refractivity contribution in [1.29, 1.82) is 0 Å². The highest BCUT2D eigenvalue weighted by Gasteiger charge is 2.51. The second kappa shape index (κ2) is 8.75. The standard InChI is InChI=1S/C18H24N4O4/c23-17(24)18(8-9-18)26-11-5-3-1-2-4-10-25-15-6-7-16(20-12-15)22-14-19-13-21-22/h6-7,12-14H,1-5,8-11H2,(H,23,24). The lowest BCUT2D eigenvalue weighted by atomic mass is 10.1. The first-order chi connectivity index (χ1) is 12.7. The van der Waals surface area contributed by atoms with Gasteiger partial charge in [-0.2, -0.15) is 5.10 Å². The van der Waals surface area contributed by atoms with Crippen molar-refractivity contribution < 1.29 is 19.4 Å². The molecule has 2 heterocycles. The molecule has 0 unspecified atom stereocenters. The summed E-state index contributed by atoms with van der Waals surface area (Å²) >= 11 is 0. The van der Waals surface area contributed by atoms with Gasteiger partial charge in [-0.3, -0.25) is 0 Å². The summed E-state index contributed by atoms with van der Waals surface area (Å²) in [5.41, 5.74) is -0.856. The van der Waals surface area contributed by atoms with E-state index in [1.54, 1.807) is 17.2 Å². The zero-order valence-corrected chi connectivity index (χ0v) is 14.7. The summed E-state index contributed by atoms with van der Waals surface area (Å²) in [6, 6.07) is 3.71. The molecule has 1 aliphatic carbocycles. The molecule has 0 atom stereocenters. The van der Waals surface area contributed by atoms with Crippen LogP contribution in [0.4, 0.5) is 0 Å². The molecule has 26 heavy (non-hydrogen) atoms. The van der Waals surface area contributed by atoms with Gasteiger partial charge < -0.3 is 14.6 Å². The van der Waals surface area contributed by atoms with Gasteiger partial charge in [0.25, 0.3) is 0 Å². The molecule has 0 bridgehead atoms. The third kappa shape index (κ3) is 5.01. The quantitative estimate of drug-likeness (QED) is 0.581. The molecule has 8 nitrogen and oxygen atoms in total. The third-order valence-electron chi connectivity index (χ3n) is 4.40. The van der Waals surface area contributed by atoms with E-state index in [-0.39, 0.29) is 0 Å². The van der Waals surface area contributed by atoms with E-state index in [1.165, 1.54) is 6.33 Å². The summed E-state index contributed by atoms with van der Waals surface area (Å²) < 4.78 is 12.8. The maximum atomic E-state index is 11.0. The van der Waals surface area contributed by atoms with E-state index in [4.69, 9.17) is 14.6 Å². The fourth-order valence-corrected chi connectivity index (χ4v) is 2.65. The normalized spacial score (nSPS) is 14.9. The third-order valence-corrected chi connectivity index (χ3v) is 4.40. The zero-order valence-electron chi connectivity index (χ0n) is 14.7. The molecule has 0 spiro atoms. The van der Waals surface area contributed by atoms with Gasteiger partial charge in [-0.1, -0.05) is 19.3 Å². The molecule has 0 radical (unpaired) electrons. The molecule has 1 N–H and O–H groups in total. The summed E-state index contributed by atoms with van der Waals surface area (Å²) in [6.07, 6.45) is 11.1. The van der Waals surface area contributed by atoms with E-state index < -0.39 is 11.6 Å². The molecule has 8 heteroatoms. The van der Waals surface area contributed by atoms with Crippen molar-refractivity contribution in [2.24, 2.45) is 0 Å². The Morgan fingerprint density at radius 2 is 1.92 bits per heavy atom. The fourth-order valence-electron chi connectivity index (χ4n) is 2.65. The van der Waals surface area contributed by atoms with Crippen molar-refractivity contribution in [3.63, 3.8) is 0 Å². The van der Waals surface area contributed by atoms with Crippen LogP contribution in [0.2, 0.25) is 0 Å². The monoisotopic (exact) mass is 360 g/mol. The highest BCUT2D eigenvalue weighted by Crippen LogP contribution is 2.39. The van der Waals surface area contributed by atoms with Gasteiger partial charge in [0.05, 0.1) is 12.8 Å². The van der Waals surface area contributed by atoms with Gasteiger partial charge in [-0.05, 0) is 37.8 Å². The molecule has 3 rings (SSSR count). The average molecular weight is 360 g/mol. The number of nitrogens with zero attached hydrogens (tertiary/aromatic N) is 4. The Morgan fingerprint density at radius 1 is 1.15 bits per heavy atom. The van der Waals surface area contributed by atoms with E-state index in [0.29, 0.717) is 31.9 Å². The molecule has 0 aliphatic heterocycles. The van der Waals surface area contributed by atoms with Crippen LogP contribution in [-0.4, -0.2) is 49.6 Å². The number of aromatic nitrogens is 4. The lowest BCUT2D eigenvalue weighted by Crippen LogP contribution is -2.26. The van der Waals surface area contributed by atoms with E-state index in [2.05, 4.69) is 15.1 Å². The number of ether oxygens (including phenoxy) is 2. The van der Waals surface area contributed by atoms with Gasteiger partial charge in [0.15, 0.2) is 11.4 Å². The maximum absolute atomic E-state index is 11.0. The van der Waals surface area contributed by atoms with Crippen LogP contribution in [-0.2, 0) is 9.53 Å². The summed E-state index contributed by atoms with van der Waals surface area (Å²) in [5, 5.41) is 13.0. The lowest BCUT2D eigenvalue weighted by molar-refractivity contribution is -0.153. The predicted molar refractivity (Wildman–Crippen MR) is 93.3 cm³/mol. The first-order valence-electron chi connectivity index (χ1n) is 9.01. The minimum atomic E-state index is -0.856. The molecular weight excluding hydrogens is 336 g/mol. The van der Waals surface area contributed by atoms with Crippen LogP contribution in [0.15, 0.2) is 31.0 Å². The molecule has 140 valence electrons. The summed E-state index contributed by atoms with van der Waals surface area (Å²) in [4.78, 5) is 19.1. The Morgan fingerprint density at radius 3 is 2.54 bits per heavy atom. The maximum Gasteiger partial charge on any atom is 0.335 e. The molecule has 0 saturated heterocycles. The zero-order chi connectivity index (χ0) is 18.2. The van der Waals surface area contributed by atoms with Crippen molar-refractivity contribution in [3.8, 4) is 11.6 Å². The number of unbranched alkanes of at least 4 members (excludes halogenated alkanes) is 4. The van der Waals surface area contributed by atoms with Crippen molar-refractivity contribution in [3.05, 3.63) is 31.0 Å². The lowest BCUT2D eigenvalue weighted by Gasteiger charge is -2.11. The molecular formula is C18H24N4O4. The van der Waals surface area contributed by atoms with E-state index in [9.17, 15) is 4.79 Å². The van der Waals surface area contributed by atoms with Gasteiger partial charge in [0, 0.05) is 6.61 Å². The first-order valence-corrected chi connectivity index (χ1v) is 9.01.